The summed E-state index contributed by atoms with van der Waals surface area (Å²) in [5, 5.41) is 9.82. The summed E-state index contributed by atoms with van der Waals surface area (Å²) in [4.78, 5) is 0. The lowest BCUT2D eigenvalue weighted by molar-refractivity contribution is 0.181. The van der Waals surface area contributed by atoms with Crippen LogP contribution in [0.4, 0.5) is 0 Å². The summed E-state index contributed by atoms with van der Waals surface area (Å²) in [7, 11) is 3.21. The molecule has 1 atom stereocenters. The van der Waals surface area contributed by atoms with Crippen molar-refractivity contribution in [3.8, 4) is 11.5 Å². The Bertz CT molecular complexity index is 366. The normalized spacial score (nSPS) is 12.3. The molecular formula is C13H21NO3. The number of hydrogen-bond acceptors (Lipinski definition) is 4. The van der Waals surface area contributed by atoms with E-state index >= 15 is 0 Å². The molecule has 0 aromatic heterocycles. The number of hydrogen-bond donors (Lipinski definition) is 2. The quantitative estimate of drug-likeness (QED) is 0.792. The maximum Gasteiger partial charge on any atom is 0.125 e. The van der Waals surface area contributed by atoms with Crippen molar-refractivity contribution in [2.24, 2.45) is 5.73 Å². The van der Waals surface area contributed by atoms with Crippen LogP contribution in [0.15, 0.2) is 12.1 Å². The average molecular weight is 239 g/mol. The molecule has 1 aromatic rings. The summed E-state index contributed by atoms with van der Waals surface area (Å²) in [5.74, 6) is 1.43. The molecule has 0 heterocycles. The number of aliphatic hydroxyl groups is 1. The minimum absolute atomic E-state index is 0.159. The Morgan fingerprint density at radius 2 is 1.88 bits per heavy atom. The minimum atomic E-state index is -0.727. The zero-order valence-electron chi connectivity index (χ0n) is 10.7. The van der Waals surface area contributed by atoms with E-state index in [0.717, 1.165) is 24.2 Å². The van der Waals surface area contributed by atoms with Crippen molar-refractivity contribution in [1.82, 2.24) is 0 Å². The highest BCUT2D eigenvalue weighted by atomic mass is 16.5. The molecule has 0 spiro atoms. The van der Waals surface area contributed by atoms with Crippen LogP contribution in [0.2, 0.25) is 0 Å². The molecule has 0 aliphatic heterocycles. The predicted molar refractivity (Wildman–Crippen MR) is 67.6 cm³/mol. The van der Waals surface area contributed by atoms with E-state index in [-0.39, 0.29) is 6.54 Å². The molecule has 0 fully saturated rings. The third-order valence-corrected chi connectivity index (χ3v) is 2.73. The summed E-state index contributed by atoms with van der Waals surface area (Å²) < 4.78 is 10.6. The lowest BCUT2D eigenvalue weighted by atomic mass is 10.0. The highest BCUT2D eigenvalue weighted by Gasteiger charge is 2.16. The van der Waals surface area contributed by atoms with E-state index in [1.165, 1.54) is 0 Å². The van der Waals surface area contributed by atoms with Crippen LogP contribution in [0.5, 0.6) is 11.5 Å². The first-order chi connectivity index (χ1) is 8.17. The van der Waals surface area contributed by atoms with Crippen LogP contribution in [0.25, 0.3) is 0 Å². The van der Waals surface area contributed by atoms with Crippen molar-refractivity contribution in [1.29, 1.82) is 0 Å². The Balaban J connectivity index is 3.22. The van der Waals surface area contributed by atoms with Gasteiger partial charge in [0, 0.05) is 12.1 Å². The summed E-state index contributed by atoms with van der Waals surface area (Å²) in [6, 6.07) is 3.72. The fourth-order valence-corrected chi connectivity index (χ4v) is 1.84. The summed E-state index contributed by atoms with van der Waals surface area (Å²) in [5.41, 5.74) is 7.23. The molecular weight excluding hydrogens is 218 g/mol. The van der Waals surface area contributed by atoms with Crippen LogP contribution in [-0.4, -0.2) is 25.9 Å². The van der Waals surface area contributed by atoms with Crippen molar-refractivity contribution in [2.75, 3.05) is 20.8 Å². The molecule has 0 saturated carbocycles. The largest absolute Gasteiger partial charge is 0.496 e. The number of methoxy groups -OCH3 is 2. The van der Waals surface area contributed by atoms with Crippen LogP contribution in [0.3, 0.4) is 0 Å². The summed E-state index contributed by atoms with van der Waals surface area (Å²) in [6.45, 7) is 2.27. The van der Waals surface area contributed by atoms with Gasteiger partial charge in [-0.05, 0) is 24.1 Å². The maximum absolute atomic E-state index is 9.82. The van der Waals surface area contributed by atoms with Crippen molar-refractivity contribution in [3.05, 3.63) is 23.3 Å². The second-order valence-corrected chi connectivity index (χ2v) is 3.91. The van der Waals surface area contributed by atoms with Gasteiger partial charge in [-0.15, -0.1) is 0 Å². The lowest BCUT2D eigenvalue weighted by Crippen LogP contribution is -2.13. The van der Waals surface area contributed by atoms with Crippen molar-refractivity contribution in [3.63, 3.8) is 0 Å². The van der Waals surface area contributed by atoms with Gasteiger partial charge in [0.05, 0.1) is 20.3 Å². The Morgan fingerprint density at radius 1 is 1.24 bits per heavy atom. The highest BCUT2D eigenvalue weighted by molar-refractivity contribution is 5.47. The van der Waals surface area contributed by atoms with Gasteiger partial charge in [-0.25, -0.2) is 0 Å². The number of nitrogens with two attached hydrogens (primary N) is 1. The topological polar surface area (TPSA) is 64.7 Å². The molecule has 17 heavy (non-hydrogen) atoms. The number of benzene rings is 1. The minimum Gasteiger partial charge on any atom is -0.496 e. The van der Waals surface area contributed by atoms with Gasteiger partial charge in [-0.1, -0.05) is 13.3 Å². The van der Waals surface area contributed by atoms with Crippen LogP contribution < -0.4 is 15.2 Å². The number of rotatable bonds is 6. The first-order valence-corrected chi connectivity index (χ1v) is 5.80. The van der Waals surface area contributed by atoms with E-state index in [2.05, 4.69) is 6.92 Å². The second kappa shape index (κ2) is 6.47. The molecule has 0 amide bonds. The smallest absolute Gasteiger partial charge is 0.125 e. The fraction of sp³-hybridized carbons (Fsp3) is 0.538. The number of aryl methyl sites for hydroxylation is 1. The second-order valence-electron chi connectivity index (χ2n) is 3.91. The van der Waals surface area contributed by atoms with Gasteiger partial charge in [0.1, 0.15) is 11.5 Å². The Labute approximate surface area is 102 Å². The van der Waals surface area contributed by atoms with Gasteiger partial charge in [-0.3, -0.25) is 0 Å². The van der Waals surface area contributed by atoms with E-state index in [4.69, 9.17) is 15.2 Å². The average Bonchev–Trinajstić information content (AvgIpc) is 2.37. The first kappa shape index (κ1) is 13.8. The van der Waals surface area contributed by atoms with Gasteiger partial charge in [0.2, 0.25) is 0 Å². The highest BCUT2D eigenvalue weighted by Crippen LogP contribution is 2.33. The molecule has 4 heteroatoms. The standard InChI is InChI=1S/C13H21NO3/c1-4-5-9-6-13(17-3)10(11(15)8-14)7-12(9)16-2/h6-7,11,15H,4-5,8,14H2,1-3H3. The van der Waals surface area contributed by atoms with Gasteiger partial charge >= 0.3 is 0 Å². The third kappa shape index (κ3) is 3.11. The lowest BCUT2D eigenvalue weighted by Gasteiger charge is -2.17. The van der Waals surface area contributed by atoms with E-state index in [1.54, 1.807) is 20.3 Å². The molecule has 0 bridgehead atoms. The molecule has 0 radical (unpaired) electrons. The van der Waals surface area contributed by atoms with Crippen molar-refractivity contribution < 1.29 is 14.6 Å². The van der Waals surface area contributed by atoms with Crippen LogP contribution >= 0.6 is 0 Å². The van der Waals surface area contributed by atoms with Crippen LogP contribution in [-0.2, 0) is 6.42 Å². The monoisotopic (exact) mass is 239 g/mol. The molecule has 3 N–H and O–H groups in total. The van der Waals surface area contributed by atoms with Gasteiger partial charge in [0.25, 0.3) is 0 Å². The van der Waals surface area contributed by atoms with Crippen molar-refractivity contribution in [2.45, 2.75) is 25.9 Å². The molecule has 0 aliphatic rings. The SMILES string of the molecule is CCCc1cc(OC)c(C(O)CN)cc1OC. The first-order valence-electron chi connectivity index (χ1n) is 5.80. The molecule has 1 rings (SSSR count). The van der Waals surface area contributed by atoms with Crippen molar-refractivity contribution >= 4 is 0 Å². The molecule has 0 saturated heterocycles. The van der Waals surface area contributed by atoms with E-state index in [0.29, 0.717) is 11.3 Å². The third-order valence-electron chi connectivity index (χ3n) is 2.73. The number of aliphatic hydroxyl groups excluding tert-OH is 1. The fourth-order valence-electron chi connectivity index (χ4n) is 1.84. The Morgan fingerprint density at radius 3 is 2.35 bits per heavy atom. The van der Waals surface area contributed by atoms with Gasteiger partial charge in [0.15, 0.2) is 0 Å². The summed E-state index contributed by atoms with van der Waals surface area (Å²) >= 11 is 0. The Kier molecular flexibility index (Phi) is 5.25. The molecule has 1 unspecified atom stereocenters. The molecule has 1 aromatic carbocycles. The number of ether oxygens (including phenoxy) is 2. The van der Waals surface area contributed by atoms with E-state index in [9.17, 15) is 5.11 Å². The zero-order valence-corrected chi connectivity index (χ0v) is 10.7. The zero-order chi connectivity index (χ0) is 12.8. The van der Waals surface area contributed by atoms with Gasteiger partial charge < -0.3 is 20.3 Å². The van der Waals surface area contributed by atoms with E-state index in [1.807, 2.05) is 6.07 Å². The van der Waals surface area contributed by atoms with Crippen LogP contribution in [0, 0.1) is 0 Å². The van der Waals surface area contributed by atoms with Crippen LogP contribution in [0.1, 0.15) is 30.6 Å². The van der Waals surface area contributed by atoms with E-state index < -0.39 is 6.10 Å². The summed E-state index contributed by atoms with van der Waals surface area (Å²) in [6.07, 6.45) is 1.21. The molecule has 4 nitrogen and oxygen atoms in total. The molecule has 96 valence electrons. The Hall–Kier alpha value is -1.26. The predicted octanol–water partition coefficient (Wildman–Crippen LogP) is 1.65. The van der Waals surface area contributed by atoms with Gasteiger partial charge in [-0.2, -0.15) is 0 Å². The maximum atomic E-state index is 9.82. The molecule has 0 aliphatic carbocycles.